The fraction of sp³-hybridized carbons (Fsp3) is 0.278. The molecule has 0 radical (unpaired) electrons. The minimum absolute atomic E-state index is 0.115. The normalized spacial score (nSPS) is 11.7. The van der Waals surface area contributed by atoms with Crippen molar-refractivity contribution < 1.29 is 4.74 Å². The van der Waals surface area contributed by atoms with Gasteiger partial charge in [-0.05, 0) is 62.3 Å². The van der Waals surface area contributed by atoms with Crippen LogP contribution in [0.25, 0.3) is 0 Å². The van der Waals surface area contributed by atoms with E-state index in [1.807, 2.05) is 6.07 Å². The van der Waals surface area contributed by atoms with Crippen molar-refractivity contribution in [3.63, 3.8) is 0 Å². The second kappa shape index (κ2) is 7.66. The highest BCUT2D eigenvalue weighted by atomic mass is 35.5. The molecule has 0 aliphatic rings. The SMILES string of the molecule is COc1ccc(NC(=S)N[C@H](C)c2ccc(C)cc2C)cc1Cl. The van der Waals surface area contributed by atoms with E-state index in [9.17, 15) is 0 Å². The third-order valence-electron chi connectivity index (χ3n) is 3.65. The van der Waals surface area contributed by atoms with Crippen LogP contribution >= 0.6 is 23.8 Å². The Hall–Kier alpha value is -1.78. The van der Waals surface area contributed by atoms with Gasteiger partial charge in [-0.3, -0.25) is 0 Å². The van der Waals surface area contributed by atoms with E-state index < -0.39 is 0 Å². The van der Waals surface area contributed by atoms with Crippen molar-refractivity contribution in [1.29, 1.82) is 0 Å². The van der Waals surface area contributed by atoms with Gasteiger partial charge in [0.25, 0.3) is 0 Å². The average molecular weight is 349 g/mol. The van der Waals surface area contributed by atoms with Crippen LogP contribution in [0, 0.1) is 13.8 Å². The van der Waals surface area contributed by atoms with Gasteiger partial charge < -0.3 is 15.4 Å². The maximum Gasteiger partial charge on any atom is 0.171 e. The summed E-state index contributed by atoms with van der Waals surface area (Å²) in [4.78, 5) is 0. The number of hydrogen-bond donors (Lipinski definition) is 2. The lowest BCUT2D eigenvalue weighted by Crippen LogP contribution is -2.31. The second-order valence-electron chi connectivity index (χ2n) is 5.53. The van der Waals surface area contributed by atoms with Gasteiger partial charge >= 0.3 is 0 Å². The van der Waals surface area contributed by atoms with Crippen molar-refractivity contribution in [2.75, 3.05) is 12.4 Å². The summed E-state index contributed by atoms with van der Waals surface area (Å²) in [5.74, 6) is 0.639. The number of hydrogen-bond acceptors (Lipinski definition) is 2. The molecule has 0 saturated carbocycles. The van der Waals surface area contributed by atoms with Gasteiger partial charge in [-0.15, -0.1) is 0 Å². The largest absolute Gasteiger partial charge is 0.495 e. The zero-order chi connectivity index (χ0) is 17.0. The van der Waals surface area contributed by atoms with Gasteiger partial charge in [0, 0.05) is 5.69 Å². The topological polar surface area (TPSA) is 33.3 Å². The van der Waals surface area contributed by atoms with Gasteiger partial charge in [-0.2, -0.15) is 0 Å². The van der Waals surface area contributed by atoms with E-state index in [4.69, 9.17) is 28.6 Å². The smallest absolute Gasteiger partial charge is 0.171 e. The van der Waals surface area contributed by atoms with Gasteiger partial charge in [-0.25, -0.2) is 0 Å². The predicted octanol–water partition coefficient (Wildman–Crippen LogP) is 5.01. The molecule has 5 heteroatoms. The quantitative estimate of drug-likeness (QED) is 0.761. The number of halogens is 1. The molecular formula is C18H21ClN2OS. The molecule has 1 atom stereocenters. The molecule has 0 saturated heterocycles. The predicted molar refractivity (Wildman–Crippen MR) is 102 cm³/mol. The summed E-state index contributed by atoms with van der Waals surface area (Å²) in [6.45, 7) is 6.29. The fourth-order valence-corrected chi connectivity index (χ4v) is 3.05. The lowest BCUT2D eigenvalue weighted by Gasteiger charge is -2.19. The van der Waals surface area contributed by atoms with Crippen molar-refractivity contribution in [2.24, 2.45) is 0 Å². The third kappa shape index (κ3) is 4.60. The molecule has 0 spiro atoms. The van der Waals surface area contributed by atoms with Crippen molar-refractivity contribution >= 4 is 34.6 Å². The Kier molecular flexibility index (Phi) is 5.85. The summed E-state index contributed by atoms with van der Waals surface area (Å²) in [5.41, 5.74) is 4.56. The van der Waals surface area contributed by atoms with Crippen LogP contribution in [-0.2, 0) is 0 Å². The third-order valence-corrected chi connectivity index (χ3v) is 4.16. The Morgan fingerprint density at radius 3 is 2.52 bits per heavy atom. The lowest BCUT2D eigenvalue weighted by molar-refractivity contribution is 0.415. The summed E-state index contributed by atoms with van der Waals surface area (Å²) < 4.78 is 5.14. The zero-order valence-corrected chi connectivity index (χ0v) is 15.3. The molecule has 3 nitrogen and oxygen atoms in total. The first-order valence-corrected chi connectivity index (χ1v) is 8.17. The van der Waals surface area contributed by atoms with E-state index in [2.05, 4.69) is 49.6 Å². The summed E-state index contributed by atoms with van der Waals surface area (Å²) in [6.07, 6.45) is 0. The first-order valence-electron chi connectivity index (χ1n) is 7.39. The fourth-order valence-electron chi connectivity index (χ4n) is 2.50. The Morgan fingerprint density at radius 1 is 1.17 bits per heavy atom. The molecule has 2 aromatic carbocycles. The van der Waals surface area contributed by atoms with Crippen molar-refractivity contribution in [3.05, 3.63) is 58.1 Å². The first kappa shape index (κ1) is 17.6. The Balaban J connectivity index is 2.02. The molecule has 0 aromatic heterocycles. The highest BCUT2D eigenvalue weighted by Crippen LogP contribution is 2.27. The van der Waals surface area contributed by atoms with Crippen molar-refractivity contribution in [3.8, 4) is 5.75 Å². The molecule has 2 rings (SSSR count). The summed E-state index contributed by atoms with van der Waals surface area (Å²) >= 11 is 11.5. The van der Waals surface area contributed by atoms with E-state index in [-0.39, 0.29) is 6.04 Å². The molecule has 0 bridgehead atoms. The highest BCUT2D eigenvalue weighted by Gasteiger charge is 2.10. The van der Waals surface area contributed by atoms with Gasteiger partial charge in [0.2, 0.25) is 0 Å². The minimum atomic E-state index is 0.115. The van der Waals surface area contributed by atoms with Gasteiger partial charge in [0.05, 0.1) is 18.2 Å². The molecule has 0 fully saturated rings. The van der Waals surface area contributed by atoms with Crippen LogP contribution in [0.4, 0.5) is 5.69 Å². The minimum Gasteiger partial charge on any atom is -0.495 e. The van der Waals surface area contributed by atoms with Crippen LogP contribution in [0.2, 0.25) is 5.02 Å². The first-order chi connectivity index (χ1) is 10.9. The number of benzene rings is 2. The molecular weight excluding hydrogens is 328 g/mol. The van der Waals surface area contributed by atoms with Gasteiger partial charge in [0.15, 0.2) is 5.11 Å². The molecule has 2 aromatic rings. The van der Waals surface area contributed by atoms with Crippen LogP contribution in [0.15, 0.2) is 36.4 Å². The molecule has 2 N–H and O–H groups in total. The summed E-state index contributed by atoms with van der Waals surface area (Å²) in [6, 6.07) is 12.0. The standard InChI is InChI=1S/C18H21ClN2OS/c1-11-5-7-15(12(2)9-11)13(3)20-18(23)21-14-6-8-17(22-4)16(19)10-14/h5-10,13H,1-4H3,(H2,20,21,23)/t13-/m1/s1. The molecule has 0 aliphatic carbocycles. The lowest BCUT2D eigenvalue weighted by atomic mass is 10.0. The number of anilines is 1. The van der Waals surface area contributed by atoms with Crippen LogP contribution < -0.4 is 15.4 Å². The van der Waals surface area contributed by atoms with Crippen LogP contribution in [0.5, 0.6) is 5.75 Å². The molecule has 0 aliphatic heterocycles. The average Bonchev–Trinajstić information content (AvgIpc) is 2.47. The summed E-state index contributed by atoms with van der Waals surface area (Å²) in [7, 11) is 1.59. The van der Waals surface area contributed by atoms with Crippen LogP contribution in [0.1, 0.15) is 29.7 Å². The molecule has 0 amide bonds. The van der Waals surface area contributed by atoms with Gasteiger partial charge in [0.1, 0.15) is 5.75 Å². The number of rotatable bonds is 4. The maximum absolute atomic E-state index is 6.12. The summed E-state index contributed by atoms with van der Waals surface area (Å²) in [5, 5.41) is 7.54. The molecule has 122 valence electrons. The number of thiocarbonyl (C=S) groups is 1. The maximum atomic E-state index is 6.12. The Labute approximate surface area is 148 Å². The number of methoxy groups -OCH3 is 1. The Bertz CT molecular complexity index is 718. The highest BCUT2D eigenvalue weighted by molar-refractivity contribution is 7.80. The van der Waals surface area contributed by atoms with Crippen molar-refractivity contribution in [1.82, 2.24) is 5.32 Å². The van der Waals surface area contributed by atoms with Crippen LogP contribution in [-0.4, -0.2) is 12.2 Å². The molecule has 0 unspecified atom stereocenters. The van der Waals surface area contributed by atoms with Crippen molar-refractivity contribution in [2.45, 2.75) is 26.8 Å². The second-order valence-corrected chi connectivity index (χ2v) is 6.34. The van der Waals surface area contributed by atoms with E-state index in [0.717, 1.165) is 5.69 Å². The van der Waals surface area contributed by atoms with Crippen LogP contribution in [0.3, 0.4) is 0 Å². The monoisotopic (exact) mass is 348 g/mol. The Morgan fingerprint density at radius 2 is 1.91 bits per heavy atom. The number of nitrogens with one attached hydrogen (secondary N) is 2. The number of aryl methyl sites for hydroxylation is 2. The van der Waals surface area contributed by atoms with E-state index in [1.165, 1.54) is 16.7 Å². The van der Waals surface area contributed by atoms with E-state index in [1.54, 1.807) is 19.2 Å². The van der Waals surface area contributed by atoms with E-state index >= 15 is 0 Å². The van der Waals surface area contributed by atoms with Gasteiger partial charge in [-0.1, -0.05) is 35.4 Å². The molecule has 23 heavy (non-hydrogen) atoms. The molecule has 0 heterocycles. The number of ether oxygens (including phenoxy) is 1. The zero-order valence-electron chi connectivity index (χ0n) is 13.7. The van der Waals surface area contributed by atoms with E-state index in [0.29, 0.717) is 15.9 Å².